The molecule has 2 aliphatic heterocycles. The molecule has 1 amide bonds. The van der Waals surface area contributed by atoms with Crippen molar-refractivity contribution in [2.75, 3.05) is 31.1 Å². The summed E-state index contributed by atoms with van der Waals surface area (Å²) in [7, 11) is 0. The second kappa shape index (κ2) is 9.27. The van der Waals surface area contributed by atoms with Crippen LogP contribution in [0.2, 0.25) is 0 Å². The number of nitrogens with zero attached hydrogens (tertiary/aromatic N) is 2. The zero-order valence-corrected chi connectivity index (χ0v) is 17.0. The number of aliphatic hydroxyl groups is 1. The molecule has 5 heteroatoms. The number of nitrogens with one attached hydrogen (secondary N) is 1. The maximum absolute atomic E-state index is 12.7. The number of carbonyl (C=O) groups is 1. The predicted octanol–water partition coefficient (Wildman–Crippen LogP) is 3.17. The van der Waals surface area contributed by atoms with Crippen molar-refractivity contribution in [3.8, 4) is 0 Å². The van der Waals surface area contributed by atoms with Crippen LogP contribution in [0.5, 0.6) is 0 Å². The Morgan fingerprint density at radius 3 is 2.21 bits per heavy atom. The van der Waals surface area contributed by atoms with Crippen molar-refractivity contribution < 1.29 is 9.90 Å². The highest BCUT2D eigenvalue weighted by Crippen LogP contribution is 2.24. The largest absolute Gasteiger partial charge is 0.391 e. The minimum atomic E-state index is -0.375. The zero-order valence-electron chi connectivity index (χ0n) is 17.0. The van der Waals surface area contributed by atoms with Gasteiger partial charge in [-0.1, -0.05) is 19.3 Å². The quantitative estimate of drug-likeness (QED) is 0.836. The fourth-order valence-electron chi connectivity index (χ4n) is 5.04. The van der Waals surface area contributed by atoms with E-state index in [-0.39, 0.29) is 12.0 Å². The van der Waals surface area contributed by atoms with Crippen LogP contribution in [0.3, 0.4) is 0 Å². The number of carbonyl (C=O) groups excluding carboxylic acids is 1. The first-order chi connectivity index (χ1) is 13.7. The fourth-order valence-corrected chi connectivity index (χ4v) is 5.04. The number of anilines is 1. The number of rotatable bonds is 4. The van der Waals surface area contributed by atoms with Crippen molar-refractivity contribution in [1.82, 2.24) is 10.2 Å². The van der Waals surface area contributed by atoms with E-state index in [2.05, 4.69) is 22.3 Å². The van der Waals surface area contributed by atoms with Gasteiger partial charge < -0.3 is 20.2 Å². The summed E-state index contributed by atoms with van der Waals surface area (Å²) >= 11 is 0. The van der Waals surface area contributed by atoms with Crippen molar-refractivity contribution in [1.29, 1.82) is 0 Å². The summed E-state index contributed by atoms with van der Waals surface area (Å²) < 4.78 is 0. The van der Waals surface area contributed by atoms with Crippen LogP contribution >= 0.6 is 0 Å². The van der Waals surface area contributed by atoms with Crippen molar-refractivity contribution in [3.63, 3.8) is 0 Å². The van der Waals surface area contributed by atoms with Crippen molar-refractivity contribution >= 4 is 11.6 Å². The third-order valence-electron chi connectivity index (χ3n) is 6.73. The molecule has 0 bridgehead atoms. The number of benzene rings is 1. The van der Waals surface area contributed by atoms with E-state index in [1.165, 1.54) is 50.6 Å². The van der Waals surface area contributed by atoms with E-state index in [1.807, 2.05) is 12.1 Å². The normalized spacial score (nSPS) is 25.1. The van der Waals surface area contributed by atoms with Crippen molar-refractivity contribution in [2.24, 2.45) is 0 Å². The smallest absolute Gasteiger partial charge is 0.253 e. The molecule has 3 aliphatic rings. The second-order valence-electron chi connectivity index (χ2n) is 8.86. The number of hydrogen-bond acceptors (Lipinski definition) is 4. The maximum atomic E-state index is 12.7. The van der Waals surface area contributed by atoms with Gasteiger partial charge in [0.15, 0.2) is 0 Å². The van der Waals surface area contributed by atoms with Crippen LogP contribution in [-0.2, 0) is 0 Å². The van der Waals surface area contributed by atoms with Crippen molar-refractivity contribution in [2.45, 2.75) is 76.0 Å². The van der Waals surface area contributed by atoms with Gasteiger partial charge >= 0.3 is 0 Å². The Bertz CT molecular complexity index is 634. The van der Waals surface area contributed by atoms with Crippen LogP contribution in [0.4, 0.5) is 5.69 Å². The molecule has 154 valence electrons. The number of piperidine rings is 2. The van der Waals surface area contributed by atoms with Gasteiger partial charge in [0, 0.05) is 49.5 Å². The van der Waals surface area contributed by atoms with Crippen LogP contribution in [0.25, 0.3) is 0 Å². The van der Waals surface area contributed by atoms with Gasteiger partial charge in [0.25, 0.3) is 5.91 Å². The SMILES string of the molecule is O=C(c1ccc(N2CCC(NC3CCCCC3)CC2)cc1)N1CCC[C@H](O)C1. The van der Waals surface area contributed by atoms with E-state index in [4.69, 9.17) is 0 Å². The first-order valence-corrected chi connectivity index (χ1v) is 11.3. The molecule has 1 atom stereocenters. The molecule has 1 aromatic carbocycles. The van der Waals surface area contributed by atoms with Gasteiger partial charge in [-0.15, -0.1) is 0 Å². The summed E-state index contributed by atoms with van der Waals surface area (Å²) in [5, 5.41) is 13.7. The molecule has 1 aromatic rings. The van der Waals surface area contributed by atoms with E-state index < -0.39 is 0 Å². The highest BCUT2D eigenvalue weighted by molar-refractivity contribution is 5.94. The summed E-state index contributed by atoms with van der Waals surface area (Å²) in [5.74, 6) is 0.0423. The van der Waals surface area contributed by atoms with Gasteiger partial charge in [0.1, 0.15) is 0 Å². The van der Waals surface area contributed by atoms with E-state index in [1.54, 1.807) is 4.90 Å². The number of aliphatic hydroxyl groups excluding tert-OH is 1. The summed E-state index contributed by atoms with van der Waals surface area (Å²) in [5.41, 5.74) is 1.94. The standard InChI is InChI=1S/C23H35N3O2/c27-22-7-4-14-26(17-22)23(28)18-8-10-21(11-9-18)25-15-12-20(13-16-25)24-19-5-2-1-3-6-19/h8-11,19-20,22,24,27H,1-7,12-17H2/t22-/m0/s1. The predicted molar refractivity (Wildman–Crippen MR) is 113 cm³/mol. The van der Waals surface area contributed by atoms with Crippen LogP contribution in [0.1, 0.15) is 68.1 Å². The Labute approximate surface area is 169 Å². The molecule has 1 saturated carbocycles. The van der Waals surface area contributed by atoms with Crippen LogP contribution in [-0.4, -0.2) is 60.3 Å². The Morgan fingerprint density at radius 2 is 1.54 bits per heavy atom. The molecule has 0 spiro atoms. The topological polar surface area (TPSA) is 55.8 Å². The lowest BCUT2D eigenvalue weighted by molar-refractivity contribution is 0.0474. The van der Waals surface area contributed by atoms with Gasteiger partial charge in [-0.05, 0) is 62.8 Å². The van der Waals surface area contributed by atoms with Crippen LogP contribution < -0.4 is 10.2 Å². The van der Waals surface area contributed by atoms with Gasteiger partial charge in [-0.3, -0.25) is 4.79 Å². The van der Waals surface area contributed by atoms with E-state index in [0.717, 1.165) is 44.1 Å². The molecule has 3 fully saturated rings. The minimum Gasteiger partial charge on any atom is -0.391 e. The first kappa shape index (κ1) is 19.7. The molecule has 2 saturated heterocycles. The molecule has 1 aliphatic carbocycles. The third-order valence-corrected chi connectivity index (χ3v) is 6.73. The molecule has 0 aromatic heterocycles. The summed E-state index contributed by atoms with van der Waals surface area (Å²) in [4.78, 5) is 16.9. The molecule has 0 unspecified atom stereocenters. The monoisotopic (exact) mass is 385 g/mol. The Balaban J connectivity index is 1.28. The maximum Gasteiger partial charge on any atom is 0.253 e. The highest BCUT2D eigenvalue weighted by Gasteiger charge is 2.25. The summed E-state index contributed by atoms with van der Waals surface area (Å²) in [6.45, 7) is 3.37. The van der Waals surface area contributed by atoms with Gasteiger partial charge in [-0.2, -0.15) is 0 Å². The molecule has 5 nitrogen and oxygen atoms in total. The van der Waals surface area contributed by atoms with Gasteiger partial charge in [-0.25, -0.2) is 0 Å². The first-order valence-electron chi connectivity index (χ1n) is 11.3. The van der Waals surface area contributed by atoms with Gasteiger partial charge in [0.2, 0.25) is 0 Å². The average molecular weight is 386 g/mol. The van der Waals surface area contributed by atoms with Gasteiger partial charge in [0.05, 0.1) is 6.10 Å². The third kappa shape index (κ3) is 4.87. The molecule has 4 rings (SSSR count). The number of hydrogen-bond donors (Lipinski definition) is 2. The second-order valence-corrected chi connectivity index (χ2v) is 8.86. The number of likely N-dealkylation sites (tertiary alicyclic amines) is 1. The lowest BCUT2D eigenvalue weighted by Gasteiger charge is -2.36. The van der Waals surface area contributed by atoms with E-state index in [9.17, 15) is 9.90 Å². The van der Waals surface area contributed by atoms with Crippen LogP contribution in [0.15, 0.2) is 24.3 Å². The minimum absolute atomic E-state index is 0.0423. The number of β-amino-alcohol motifs (C(OH)–C–C–N with tert-alkyl or cyclic N) is 1. The average Bonchev–Trinajstić information content (AvgIpc) is 2.75. The van der Waals surface area contributed by atoms with E-state index >= 15 is 0 Å². The lowest BCUT2D eigenvalue weighted by Crippen LogP contribution is -2.46. The number of amides is 1. The molecule has 0 radical (unpaired) electrons. The Kier molecular flexibility index (Phi) is 6.53. The molecular weight excluding hydrogens is 350 g/mol. The lowest BCUT2D eigenvalue weighted by atomic mass is 9.93. The van der Waals surface area contributed by atoms with Crippen LogP contribution in [0, 0.1) is 0 Å². The molecular formula is C23H35N3O2. The summed E-state index contributed by atoms with van der Waals surface area (Å²) in [6.07, 6.45) is 10.6. The highest BCUT2D eigenvalue weighted by atomic mass is 16.3. The Morgan fingerprint density at radius 1 is 0.857 bits per heavy atom. The summed E-state index contributed by atoms with van der Waals surface area (Å²) in [6, 6.07) is 9.47. The fraction of sp³-hybridized carbons (Fsp3) is 0.696. The Hall–Kier alpha value is -1.59. The molecule has 28 heavy (non-hydrogen) atoms. The zero-order chi connectivity index (χ0) is 19.3. The molecule has 2 heterocycles. The molecule has 2 N–H and O–H groups in total. The van der Waals surface area contributed by atoms with Crippen molar-refractivity contribution in [3.05, 3.63) is 29.8 Å². The van der Waals surface area contributed by atoms with E-state index in [0.29, 0.717) is 12.6 Å².